The van der Waals surface area contributed by atoms with Crippen LogP contribution >= 0.6 is 11.6 Å². The lowest BCUT2D eigenvalue weighted by Crippen LogP contribution is -2.51. The highest BCUT2D eigenvalue weighted by Gasteiger charge is 2.29. The second-order valence-electron chi connectivity index (χ2n) is 6.58. The van der Waals surface area contributed by atoms with E-state index in [2.05, 4.69) is 5.32 Å². The van der Waals surface area contributed by atoms with Crippen molar-refractivity contribution in [1.82, 2.24) is 14.5 Å². The molecule has 0 spiro atoms. The number of amides is 2. The maximum atomic E-state index is 12.5. The highest BCUT2D eigenvalue weighted by molar-refractivity contribution is 7.89. The van der Waals surface area contributed by atoms with Crippen molar-refractivity contribution >= 4 is 33.4 Å². The smallest absolute Gasteiger partial charge is 0.289 e. The Balaban J connectivity index is 1.38. The molecule has 30 heavy (non-hydrogen) atoms. The van der Waals surface area contributed by atoms with E-state index in [-0.39, 0.29) is 56.8 Å². The number of benzene rings is 1. The summed E-state index contributed by atoms with van der Waals surface area (Å²) < 4.78 is 36.7. The zero-order valence-electron chi connectivity index (χ0n) is 16.1. The molecule has 11 heteroatoms. The van der Waals surface area contributed by atoms with E-state index >= 15 is 0 Å². The molecule has 1 aromatic heterocycles. The molecule has 162 valence electrons. The molecular weight excluding hydrogens is 434 g/mol. The van der Waals surface area contributed by atoms with Gasteiger partial charge in [0, 0.05) is 37.7 Å². The molecule has 9 nitrogen and oxygen atoms in total. The molecule has 0 radical (unpaired) electrons. The summed E-state index contributed by atoms with van der Waals surface area (Å²) in [7, 11) is -3.55. The minimum absolute atomic E-state index is 0.0311. The Labute approximate surface area is 179 Å². The number of carbonyl (C=O) groups is 2. The molecule has 0 saturated carbocycles. The number of hydrogen-bond acceptors (Lipinski definition) is 6. The summed E-state index contributed by atoms with van der Waals surface area (Å²) in [6.07, 6.45) is 1.42. The highest BCUT2D eigenvalue weighted by atomic mass is 35.5. The molecule has 0 atom stereocenters. The molecule has 1 saturated heterocycles. The maximum absolute atomic E-state index is 12.5. The first kappa shape index (κ1) is 22.1. The van der Waals surface area contributed by atoms with Gasteiger partial charge in [-0.1, -0.05) is 11.6 Å². The van der Waals surface area contributed by atoms with Crippen LogP contribution in [-0.4, -0.2) is 74.5 Å². The predicted molar refractivity (Wildman–Crippen MR) is 110 cm³/mol. The molecule has 2 amide bonds. The van der Waals surface area contributed by atoms with Gasteiger partial charge in [-0.2, -0.15) is 4.31 Å². The number of nitrogens with one attached hydrogen (secondary N) is 1. The van der Waals surface area contributed by atoms with E-state index in [1.807, 2.05) is 0 Å². The van der Waals surface area contributed by atoms with Gasteiger partial charge >= 0.3 is 0 Å². The lowest BCUT2D eigenvalue weighted by Gasteiger charge is -2.33. The Morgan fingerprint density at radius 3 is 2.43 bits per heavy atom. The number of carbonyl (C=O) groups excluding carboxylic acids is 2. The van der Waals surface area contributed by atoms with Gasteiger partial charge in [-0.05, 0) is 36.4 Å². The van der Waals surface area contributed by atoms with Gasteiger partial charge in [0.15, 0.2) is 12.4 Å². The third kappa shape index (κ3) is 5.97. The van der Waals surface area contributed by atoms with Gasteiger partial charge < -0.3 is 19.4 Å². The van der Waals surface area contributed by atoms with Crippen molar-refractivity contribution in [2.75, 3.05) is 45.1 Å². The van der Waals surface area contributed by atoms with Crippen LogP contribution in [0.3, 0.4) is 0 Å². The largest absolute Gasteiger partial charge is 0.484 e. The number of piperazine rings is 1. The maximum Gasteiger partial charge on any atom is 0.289 e. The topological polar surface area (TPSA) is 109 Å². The van der Waals surface area contributed by atoms with Crippen LogP contribution in [-0.2, 0) is 14.8 Å². The average Bonchev–Trinajstić information content (AvgIpc) is 3.28. The quantitative estimate of drug-likeness (QED) is 0.641. The van der Waals surface area contributed by atoms with Crippen LogP contribution in [0.25, 0.3) is 0 Å². The first-order valence-corrected chi connectivity index (χ1v) is 11.3. The number of nitrogens with zero attached hydrogens (tertiary/aromatic N) is 2. The number of furan rings is 1. The van der Waals surface area contributed by atoms with E-state index in [9.17, 15) is 18.0 Å². The van der Waals surface area contributed by atoms with E-state index in [4.69, 9.17) is 20.8 Å². The van der Waals surface area contributed by atoms with E-state index in [1.54, 1.807) is 41.3 Å². The van der Waals surface area contributed by atoms with Crippen LogP contribution in [0.5, 0.6) is 5.75 Å². The summed E-state index contributed by atoms with van der Waals surface area (Å²) in [4.78, 5) is 25.7. The van der Waals surface area contributed by atoms with Crippen molar-refractivity contribution in [3.8, 4) is 5.75 Å². The van der Waals surface area contributed by atoms with Crippen molar-refractivity contribution < 1.29 is 27.2 Å². The minimum Gasteiger partial charge on any atom is -0.484 e. The van der Waals surface area contributed by atoms with Gasteiger partial charge in [0.1, 0.15) is 5.75 Å². The number of hydrogen-bond donors (Lipinski definition) is 1. The standard InChI is InChI=1S/C19H22ClN3O6S/c20-15-3-5-16(6-4-15)29-14-18(24)21-7-13-30(26,27)23-10-8-22(9-11-23)19(25)17-2-1-12-28-17/h1-6,12H,7-11,13-14H2,(H,21,24). The van der Waals surface area contributed by atoms with Gasteiger partial charge in [0.25, 0.3) is 11.8 Å². The summed E-state index contributed by atoms with van der Waals surface area (Å²) >= 11 is 5.78. The molecule has 1 aliphatic heterocycles. The minimum atomic E-state index is -3.55. The zero-order valence-corrected chi connectivity index (χ0v) is 17.7. The molecule has 2 aromatic rings. The number of rotatable bonds is 8. The molecular formula is C19H22ClN3O6S. The Bertz CT molecular complexity index is 955. The Hall–Kier alpha value is -2.56. The average molecular weight is 456 g/mol. The van der Waals surface area contributed by atoms with Crippen LogP contribution in [0.1, 0.15) is 10.6 Å². The van der Waals surface area contributed by atoms with Crippen LogP contribution in [0.2, 0.25) is 5.02 Å². The van der Waals surface area contributed by atoms with E-state index in [0.717, 1.165) is 0 Å². The molecule has 1 aromatic carbocycles. The fraction of sp³-hybridized carbons (Fsp3) is 0.368. The van der Waals surface area contributed by atoms with Crippen LogP contribution < -0.4 is 10.1 Å². The van der Waals surface area contributed by atoms with E-state index in [0.29, 0.717) is 10.8 Å². The molecule has 3 rings (SSSR count). The fourth-order valence-electron chi connectivity index (χ4n) is 2.90. The van der Waals surface area contributed by atoms with Gasteiger partial charge in [-0.3, -0.25) is 9.59 Å². The van der Waals surface area contributed by atoms with Gasteiger partial charge in [0.2, 0.25) is 10.0 Å². The monoisotopic (exact) mass is 455 g/mol. The molecule has 1 fully saturated rings. The fourth-order valence-corrected chi connectivity index (χ4v) is 4.37. The summed E-state index contributed by atoms with van der Waals surface area (Å²) in [5.41, 5.74) is 0. The Morgan fingerprint density at radius 2 is 1.80 bits per heavy atom. The molecule has 1 aliphatic rings. The second-order valence-corrected chi connectivity index (χ2v) is 9.10. The van der Waals surface area contributed by atoms with Gasteiger partial charge in [-0.15, -0.1) is 0 Å². The predicted octanol–water partition coefficient (Wildman–Crippen LogP) is 1.22. The van der Waals surface area contributed by atoms with Gasteiger partial charge in [-0.25, -0.2) is 8.42 Å². The van der Waals surface area contributed by atoms with Crippen LogP contribution in [0.15, 0.2) is 47.1 Å². The zero-order chi connectivity index (χ0) is 21.6. The number of halogens is 1. The van der Waals surface area contributed by atoms with Crippen molar-refractivity contribution in [3.05, 3.63) is 53.4 Å². The third-order valence-corrected chi connectivity index (χ3v) is 6.64. The lowest BCUT2D eigenvalue weighted by molar-refractivity contribution is -0.122. The third-order valence-electron chi connectivity index (χ3n) is 4.52. The number of sulfonamides is 1. The van der Waals surface area contributed by atoms with Crippen molar-refractivity contribution in [1.29, 1.82) is 0 Å². The number of ether oxygens (including phenoxy) is 1. The first-order chi connectivity index (χ1) is 14.3. The Morgan fingerprint density at radius 1 is 1.10 bits per heavy atom. The first-order valence-electron chi connectivity index (χ1n) is 9.31. The summed E-state index contributed by atoms with van der Waals surface area (Å²) in [6.45, 7) is 0.691. The molecule has 1 N–H and O–H groups in total. The SMILES string of the molecule is O=C(COc1ccc(Cl)cc1)NCCS(=O)(=O)N1CCN(C(=O)c2ccco2)CC1. The summed E-state index contributed by atoms with van der Waals surface area (Å²) in [6, 6.07) is 9.76. The Kier molecular flexibility index (Phi) is 7.35. The summed E-state index contributed by atoms with van der Waals surface area (Å²) in [5, 5.41) is 3.09. The van der Waals surface area contributed by atoms with E-state index < -0.39 is 15.9 Å². The van der Waals surface area contributed by atoms with Crippen molar-refractivity contribution in [3.63, 3.8) is 0 Å². The second kappa shape index (κ2) is 9.96. The molecule has 0 unspecified atom stereocenters. The lowest BCUT2D eigenvalue weighted by atomic mass is 10.3. The van der Waals surface area contributed by atoms with Gasteiger partial charge in [0.05, 0.1) is 12.0 Å². The van der Waals surface area contributed by atoms with Crippen molar-refractivity contribution in [2.45, 2.75) is 0 Å². The van der Waals surface area contributed by atoms with Crippen LogP contribution in [0.4, 0.5) is 0 Å². The normalized spacial score (nSPS) is 15.0. The highest BCUT2D eigenvalue weighted by Crippen LogP contribution is 2.15. The van der Waals surface area contributed by atoms with E-state index in [1.165, 1.54) is 10.6 Å². The molecule has 0 bridgehead atoms. The molecule has 0 aliphatic carbocycles. The van der Waals surface area contributed by atoms with Crippen LogP contribution in [0, 0.1) is 0 Å². The summed E-state index contributed by atoms with van der Waals surface area (Å²) in [5.74, 6) is -0.191. The van der Waals surface area contributed by atoms with Crippen molar-refractivity contribution in [2.24, 2.45) is 0 Å². The molecule has 2 heterocycles.